The van der Waals surface area contributed by atoms with Gasteiger partial charge in [0.25, 0.3) is 17.2 Å². The van der Waals surface area contributed by atoms with E-state index in [0.717, 1.165) is 11.1 Å². The van der Waals surface area contributed by atoms with Crippen LogP contribution in [0.25, 0.3) is 6.08 Å². The smallest absolute Gasteiger partial charge is 0.271 e. The molecule has 1 aliphatic rings. The highest BCUT2D eigenvalue weighted by Crippen LogP contribution is 2.32. The molecule has 10 nitrogen and oxygen atoms in total. The van der Waals surface area contributed by atoms with Crippen LogP contribution < -0.4 is 29.7 Å². The Hall–Kier alpha value is -5.81. The van der Waals surface area contributed by atoms with Crippen LogP contribution in [0.5, 0.6) is 11.5 Å². The molecule has 0 bridgehead atoms. The van der Waals surface area contributed by atoms with Crippen molar-refractivity contribution in [3.8, 4) is 11.5 Å². The molecule has 46 heavy (non-hydrogen) atoms. The van der Waals surface area contributed by atoms with Crippen LogP contribution in [0.2, 0.25) is 0 Å². The average molecular weight is 633 g/mol. The van der Waals surface area contributed by atoms with Crippen molar-refractivity contribution < 1.29 is 19.2 Å². The molecule has 0 spiro atoms. The fraction of sp³-hybridized carbons (Fsp3) is 0.114. The number of carbonyl (C=O) groups excluding carboxylic acids is 1. The fourth-order valence-electron chi connectivity index (χ4n) is 5.15. The first-order valence-corrected chi connectivity index (χ1v) is 15.1. The summed E-state index contributed by atoms with van der Waals surface area (Å²) in [4.78, 5) is 43.4. The van der Waals surface area contributed by atoms with Crippen molar-refractivity contribution in [3.05, 3.63) is 161 Å². The number of benzene rings is 4. The van der Waals surface area contributed by atoms with E-state index in [9.17, 15) is 19.7 Å². The van der Waals surface area contributed by atoms with Gasteiger partial charge in [0.15, 0.2) is 4.80 Å². The summed E-state index contributed by atoms with van der Waals surface area (Å²) in [5.74, 6) is 0.867. The zero-order chi connectivity index (χ0) is 32.2. The van der Waals surface area contributed by atoms with Gasteiger partial charge in [0, 0.05) is 17.8 Å². The number of methoxy groups -OCH3 is 1. The van der Waals surface area contributed by atoms with E-state index >= 15 is 0 Å². The Morgan fingerprint density at radius 1 is 1.00 bits per heavy atom. The number of nitrogens with one attached hydrogen (secondary N) is 1. The predicted molar refractivity (Wildman–Crippen MR) is 176 cm³/mol. The zero-order valence-electron chi connectivity index (χ0n) is 24.9. The van der Waals surface area contributed by atoms with Crippen LogP contribution in [-0.4, -0.2) is 22.5 Å². The number of ether oxygens (including phenoxy) is 2. The van der Waals surface area contributed by atoms with Gasteiger partial charge in [-0.05, 0) is 78.2 Å². The molecular formula is C35H28N4O6S. The van der Waals surface area contributed by atoms with Crippen LogP contribution in [0.15, 0.2) is 124 Å². The van der Waals surface area contributed by atoms with E-state index in [1.54, 1.807) is 61.1 Å². The number of rotatable bonds is 9. The van der Waals surface area contributed by atoms with E-state index in [-0.39, 0.29) is 23.8 Å². The number of hydrogen-bond acceptors (Lipinski definition) is 8. The molecule has 230 valence electrons. The summed E-state index contributed by atoms with van der Waals surface area (Å²) in [5, 5.41) is 13.8. The number of fused-ring (bicyclic) bond motifs is 1. The molecule has 0 aliphatic carbocycles. The molecule has 1 N–H and O–H groups in total. The fourth-order valence-corrected chi connectivity index (χ4v) is 6.20. The number of anilines is 1. The molecule has 0 saturated heterocycles. The van der Waals surface area contributed by atoms with E-state index in [1.165, 1.54) is 23.5 Å². The molecule has 0 saturated carbocycles. The molecule has 0 fully saturated rings. The van der Waals surface area contributed by atoms with Crippen molar-refractivity contribution in [2.24, 2.45) is 4.99 Å². The molecule has 1 aliphatic heterocycles. The lowest BCUT2D eigenvalue weighted by molar-refractivity contribution is -0.384. The standard InChI is InChI=1S/C35H28N4O6S/c1-22-31(33(40)37-26-8-4-3-5-9-26)32(25-7-6-10-29(20-25)44-2)38-34(41)30(46-35(38)36-22)19-23-13-17-28(18-14-23)45-21-24-11-15-27(16-12-24)39(42)43/h3-20,32H,21H2,1-2H3,(H,37,40)/b30-19-. The molecule has 0 radical (unpaired) electrons. The second kappa shape index (κ2) is 13.0. The van der Waals surface area contributed by atoms with Gasteiger partial charge >= 0.3 is 0 Å². The van der Waals surface area contributed by atoms with E-state index in [2.05, 4.69) is 5.32 Å². The molecule has 1 aromatic heterocycles. The normalized spacial score (nSPS) is 14.3. The Morgan fingerprint density at radius 3 is 2.43 bits per heavy atom. The lowest BCUT2D eigenvalue weighted by atomic mass is 9.95. The minimum absolute atomic E-state index is 0.0232. The maximum absolute atomic E-state index is 14.0. The highest BCUT2D eigenvalue weighted by atomic mass is 32.1. The van der Waals surface area contributed by atoms with Crippen molar-refractivity contribution in [2.75, 3.05) is 12.4 Å². The van der Waals surface area contributed by atoms with Crippen molar-refractivity contribution in [1.82, 2.24) is 4.57 Å². The molecule has 4 aromatic carbocycles. The highest BCUT2D eigenvalue weighted by Gasteiger charge is 2.32. The van der Waals surface area contributed by atoms with Crippen molar-refractivity contribution >= 4 is 34.7 Å². The number of para-hydroxylation sites is 1. The average Bonchev–Trinajstić information content (AvgIpc) is 3.37. The first kappa shape index (κ1) is 30.2. The SMILES string of the molecule is COc1cccc(C2C(C(=O)Nc3ccccc3)=C(C)N=c3s/c(=C\c4ccc(OCc5ccc([N+](=O)[O-])cc5)cc4)c(=O)n32)c1. The summed E-state index contributed by atoms with van der Waals surface area (Å²) in [6, 6.07) is 29.2. The van der Waals surface area contributed by atoms with E-state index in [0.29, 0.717) is 43.4 Å². The minimum atomic E-state index is -0.729. The number of carbonyl (C=O) groups is 1. The summed E-state index contributed by atoms with van der Waals surface area (Å²) >= 11 is 1.25. The van der Waals surface area contributed by atoms with Crippen molar-refractivity contribution in [3.63, 3.8) is 0 Å². The van der Waals surface area contributed by atoms with E-state index in [1.807, 2.05) is 54.6 Å². The molecule has 5 aromatic rings. The number of thiazole rings is 1. The van der Waals surface area contributed by atoms with Gasteiger partial charge in [-0.15, -0.1) is 0 Å². The third kappa shape index (κ3) is 6.35. The van der Waals surface area contributed by atoms with Crippen LogP contribution in [0.3, 0.4) is 0 Å². The highest BCUT2D eigenvalue weighted by molar-refractivity contribution is 7.07. The third-order valence-electron chi connectivity index (χ3n) is 7.44. The Bertz CT molecular complexity index is 2140. The number of amides is 1. The van der Waals surface area contributed by atoms with Gasteiger partial charge in [-0.25, -0.2) is 4.99 Å². The Balaban J connectivity index is 1.31. The quantitative estimate of drug-likeness (QED) is 0.172. The van der Waals surface area contributed by atoms with Crippen molar-refractivity contribution in [1.29, 1.82) is 0 Å². The number of nitrogens with zero attached hydrogens (tertiary/aromatic N) is 3. The van der Waals surface area contributed by atoms with Gasteiger partial charge in [0.2, 0.25) is 0 Å². The van der Waals surface area contributed by atoms with Crippen LogP contribution in [0.1, 0.15) is 29.7 Å². The first-order chi connectivity index (χ1) is 22.3. The summed E-state index contributed by atoms with van der Waals surface area (Å²) in [6.45, 7) is 2.03. The first-order valence-electron chi connectivity index (χ1n) is 14.3. The monoisotopic (exact) mass is 632 g/mol. The van der Waals surface area contributed by atoms with E-state index in [4.69, 9.17) is 14.5 Å². The second-order valence-electron chi connectivity index (χ2n) is 10.5. The maximum Gasteiger partial charge on any atom is 0.271 e. The van der Waals surface area contributed by atoms with Crippen molar-refractivity contribution in [2.45, 2.75) is 19.6 Å². The lowest BCUT2D eigenvalue weighted by Crippen LogP contribution is -2.40. The third-order valence-corrected chi connectivity index (χ3v) is 8.42. The van der Waals surface area contributed by atoms with Crippen LogP contribution in [-0.2, 0) is 11.4 Å². The Labute approximate surface area is 267 Å². The molecule has 6 rings (SSSR count). The van der Waals surface area contributed by atoms with Gasteiger partial charge in [-0.3, -0.25) is 24.3 Å². The van der Waals surface area contributed by atoms with Gasteiger partial charge in [0.05, 0.1) is 33.9 Å². The summed E-state index contributed by atoms with van der Waals surface area (Å²) in [6.07, 6.45) is 1.79. The van der Waals surface area contributed by atoms with Gasteiger partial charge in [0.1, 0.15) is 18.1 Å². The number of aromatic nitrogens is 1. The number of nitro benzene ring substituents is 1. The van der Waals surface area contributed by atoms with Gasteiger partial charge < -0.3 is 14.8 Å². The Kier molecular flexibility index (Phi) is 8.57. The van der Waals surface area contributed by atoms with E-state index < -0.39 is 11.0 Å². The summed E-state index contributed by atoms with van der Waals surface area (Å²) in [5.41, 5.74) is 3.57. The number of allylic oxidation sites excluding steroid dienone is 1. The Morgan fingerprint density at radius 2 is 1.74 bits per heavy atom. The van der Waals surface area contributed by atoms with Gasteiger partial charge in [-0.1, -0.05) is 53.8 Å². The number of non-ortho nitro benzene ring substituents is 1. The topological polar surface area (TPSA) is 125 Å². The summed E-state index contributed by atoms with van der Waals surface area (Å²) < 4.78 is 13.3. The largest absolute Gasteiger partial charge is 0.497 e. The molecule has 1 atom stereocenters. The van der Waals surface area contributed by atoms with Crippen LogP contribution >= 0.6 is 11.3 Å². The molecule has 1 unspecified atom stereocenters. The van der Waals surface area contributed by atoms with Gasteiger partial charge in [-0.2, -0.15) is 0 Å². The minimum Gasteiger partial charge on any atom is -0.497 e. The summed E-state index contributed by atoms with van der Waals surface area (Å²) in [7, 11) is 1.57. The van der Waals surface area contributed by atoms with Crippen LogP contribution in [0, 0.1) is 10.1 Å². The predicted octanol–water partition coefficient (Wildman–Crippen LogP) is 5.37. The second-order valence-corrected chi connectivity index (χ2v) is 11.5. The molecule has 2 heterocycles. The number of nitro groups is 1. The maximum atomic E-state index is 14.0. The van der Waals surface area contributed by atoms with Crippen LogP contribution in [0.4, 0.5) is 11.4 Å². The molecule has 11 heteroatoms. The lowest BCUT2D eigenvalue weighted by Gasteiger charge is -2.25. The molecular weight excluding hydrogens is 604 g/mol. The number of hydrogen-bond donors (Lipinski definition) is 1. The molecule has 1 amide bonds. The zero-order valence-corrected chi connectivity index (χ0v) is 25.7.